The Bertz CT molecular complexity index is 900. The minimum absolute atomic E-state index is 0.126. The van der Waals surface area contributed by atoms with Crippen molar-refractivity contribution in [2.75, 3.05) is 49.5 Å². The maximum Gasteiger partial charge on any atom is 0.322 e. The smallest absolute Gasteiger partial charge is 0.322 e. The predicted octanol–water partition coefficient (Wildman–Crippen LogP) is 4.65. The van der Waals surface area contributed by atoms with Crippen molar-refractivity contribution < 1.29 is 9.59 Å². The molecule has 1 aromatic heterocycles. The van der Waals surface area contributed by atoms with Crippen molar-refractivity contribution in [1.29, 1.82) is 0 Å². The summed E-state index contributed by atoms with van der Waals surface area (Å²) in [6.45, 7) is 3.99. The summed E-state index contributed by atoms with van der Waals surface area (Å²) in [7, 11) is 0. The average Bonchev–Trinajstić information content (AvgIpc) is 3.28. The lowest BCUT2D eigenvalue weighted by molar-refractivity contribution is -0.137. The zero-order chi connectivity index (χ0) is 21.1. The molecule has 6 nitrogen and oxygen atoms in total. The number of likely N-dealkylation sites (tertiary alicyclic amines) is 1. The van der Waals surface area contributed by atoms with Crippen LogP contribution in [-0.2, 0) is 4.79 Å². The molecule has 2 aliphatic heterocycles. The normalized spacial score (nSPS) is 19.7. The highest BCUT2D eigenvalue weighted by Gasteiger charge is 2.32. The molecule has 0 saturated carbocycles. The third kappa shape index (κ3) is 4.85. The zero-order valence-electron chi connectivity index (χ0n) is 16.5. The Labute approximate surface area is 190 Å². The van der Waals surface area contributed by atoms with Gasteiger partial charge in [-0.1, -0.05) is 23.2 Å². The number of hydrogen-bond acceptors (Lipinski definition) is 4. The number of piperidine rings is 1. The summed E-state index contributed by atoms with van der Waals surface area (Å²) in [6, 6.07) is 9.28. The Morgan fingerprint density at radius 2 is 1.80 bits per heavy atom. The van der Waals surface area contributed by atoms with Crippen LogP contribution in [0.25, 0.3) is 0 Å². The van der Waals surface area contributed by atoms with Crippen molar-refractivity contribution >= 4 is 57.2 Å². The van der Waals surface area contributed by atoms with Gasteiger partial charge < -0.3 is 14.7 Å². The minimum Gasteiger partial charge on any atom is -0.368 e. The maximum absolute atomic E-state index is 13.1. The van der Waals surface area contributed by atoms with Gasteiger partial charge in [-0.05, 0) is 48.6 Å². The molecule has 1 aromatic carbocycles. The number of halogens is 2. The van der Waals surface area contributed by atoms with Gasteiger partial charge in [0.05, 0.1) is 21.0 Å². The summed E-state index contributed by atoms with van der Waals surface area (Å²) in [4.78, 5) is 31.5. The number of urea groups is 1. The Kier molecular flexibility index (Phi) is 6.71. The molecular weight excluding hydrogens is 443 g/mol. The number of thiophene rings is 1. The molecule has 1 N–H and O–H groups in total. The second-order valence-corrected chi connectivity index (χ2v) is 9.37. The first-order chi connectivity index (χ1) is 14.5. The highest BCUT2D eigenvalue weighted by atomic mass is 35.5. The molecule has 2 aliphatic rings. The lowest BCUT2D eigenvalue weighted by Crippen LogP contribution is -2.53. The largest absolute Gasteiger partial charge is 0.368 e. The summed E-state index contributed by atoms with van der Waals surface area (Å²) in [5, 5.41) is 6.75. The molecule has 0 aliphatic carbocycles. The molecule has 2 fully saturated rings. The molecule has 3 heterocycles. The van der Waals surface area contributed by atoms with Gasteiger partial charge in [0.15, 0.2) is 0 Å². The van der Waals surface area contributed by atoms with Crippen LogP contribution in [0.4, 0.5) is 15.5 Å². The van der Waals surface area contributed by atoms with Crippen molar-refractivity contribution in [2.24, 2.45) is 5.92 Å². The predicted molar refractivity (Wildman–Crippen MR) is 123 cm³/mol. The van der Waals surface area contributed by atoms with E-state index in [1.165, 1.54) is 11.3 Å². The molecule has 0 bridgehead atoms. The van der Waals surface area contributed by atoms with Crippen LogP contribution in [0.15, 0.2) is 35.7 Å². The number of piperazine rings is 1. The van der Waals surface area contributed by atoms with E-state index in [4.69, 9.17) is 23.2 Å². The van der Waals surface area contributed by atoms with Gasteiger partial charge in [-0.3, -0.25) is 10.1 Å². The van der Waals surface area contributed by atoms with Crippen LogP contribution in [0.2, 0.25) is 10.0 Å². The quantitative estimate of drug-likeness (QED) is 0.715. The molecule has 0 spiro atoms. The van der Waals surface area contributed by atoms with E-state index >= 15 is 0 Å². The van der Waals surface area contributed by atoms with Crippen molar-refractivity contribution in [3.63, 3.8) is 0 Å². The lowest BCUT2D eigenvalue weighted by atomic mass is 9.96. The molecule has 3 amide bonds. The second-order valence-electron chi connectivity index (χ2n) is 7.60. The van der Waals surface area contributed by atoms with Crippen LogP contribution in [-0.4, -0.2) is 61.0 Å². The number of hydrogen-bond donors (Lipinski definition) is 1. The molecule has 1 atom stereocenters. The number of carbonyl (C=O) groups is 2. The number of amides is 3. The third-order valence-corrected chi connectivity index (χ3v) is 7.19. The number of nitrogens with zero attached hydrogens (tertiary/aromatic N) is 3. The highest BCUT2D eigenvalue weighted by molar-refractivity contribution is 7.14. The SMILES string of the molecule is O=C(Nc1cccs1)N1CCCC(C(=O)N2CCN(c3ccc(Cl)c(Cl)c3)CC2)C1. The fourth-order valence-corrected chi connectivity index (χ4v) is 4.92. The molecular formula is C21H24Cl2N4O2S. The van der Waals surface area contributed by atoms with Crippen molar-refractivity contribution in [3.8, 4) is 0 Å². The van der Waals surface area contributed by atoms with E-state index in [2.05, 4.69) is 10.2 Å². The van der Waals surface area contributed by atoms with E-state index in [9.17, 15) is 9.59 Å². The number of rotatable bonds is 3. The minimum atomic E-state index is -0.135. The van der Waals surface area contributed by atoms with Crippen LogP contribution >= 0.6 is 34.5 Å². The number of benzene rings is 1. The third-order valence-electron chi connectivity index (χ3n) is 5.67. The van der Waals surface area contributed by atoms with Crippen molar-refractivity contribution in [2.45, 2.75) is 12.8 Å². The number of anilines is 2. The fraction of sp³-hybridized carbons (Fsp3) is 0.429. The number of carbonyl (C=O) groups excluding carboxylic acids is 2. The first-order valence-electron chi connectivity index (χ1n) is 10.1. The monoisotopic (exact) mass is 466 g/mol. The van der Waals surface area contributed by atoms with Crippen LogP contribution in [0.5, 0.6) is 0 Å². The summed E-state index contributed by atoms with van der Waals surface area (Å²) in [5.74, 6) is 0.0155. The summed E-state index contributed by atoms with van der Waals surface area (Å²) < 4.78 is 0. The van der Waals surface area contributed by atoms with Crippen LogP contribution < -0.4 is 10.2 Å². The Hall–Kier alpha value is -1.96. The first-order valence-corrected chi connectivity index (χ1v) is 11.7. The molecule has 160 valence electrons. The standard InChI is InChI=1S/C21H24Cl2N4O2S/c22-17-6-5-16(13-18(17)23)25-8-10-26(11-9-25)20(28)15-3-1-7-27(14-15)21(29)24-19-4-2-12-30-19/h2,4-6,12-13,15H,1,3,7-11,14H2,(H,24,29). The first kappa shape index (κ1) is 21.3. The molecule has 4 rings (SSSR count). The molecule has 2 saturated heterocycles. The Morgan fingerprint density at radius 3 is 2.50 bits per heavy atom. The van der Waals surface area contributed by atoms with E-state index in [1.54, 1.807) is 11.0 Å². The second kappa shape index (κ2) is 9.45. The molecule has 30 heavy (non-hydrogen) atoms. The van der Waals surface area contributed by atoms with E-state index in [0.717, 1.165) is 36.6 Å². The van der Waals surface area contributed by atoms with Gasteiger partial charge in [-0.15, -0.1) is 11.3 Å². The van der Waals surface area contributed by atoms with Gasteiger partial charge in [0.1, 0.15) is 0 Å². The zero-order valence-corrected chi connectivity index (χ0v) is 18.8. The van der Waals surface area contributed by atoms with Crippen LogP contribution in [0, 0.1) is 5.92 Å². The Balaban J connectivity index is 1.31. The topological polar surface area (TPSA) is 55.9 Å². The molecule has 9 heteroatoms. The molecule has 1 unspecified atom stereocenters. The summed E-state index contributed by atoms with van der Waals surface area (Å²) in [6.07, 6.45) is 1.67. The van der Waals surface area contributed by atoms with Gasteiger partial charge in [0.2, 0.25) is 5.91 Å². The Morgan fingerprint density at radius 1 is 1.00 bits per heavy atom. The van der Waals surface area contributed by atoms with Gasteiger partial charge >= 0.3 is 6.03 Å². The fourth-order valence-electron chi connectivity index (χ4n) is 4.02. The number of nitrogens with one attached hydrogen (secondary N) is 1. The van der Waals surface area contributed by atoms with Gasteiger partial charge in [-0.25, -0.2) is 4.79 Å². The summed E-state index contributed by atoms with van der Waals surface area (Å²) in [5.41, 5.74) is 1.02. The van der Waals surface area contributed by atoms with E-state index in [1.807, 2.05) is 34.5 Å². The van der Waals surface area contributed by atoms with E-state index < -0.39 is 0 Å². The van der Waals surface area contributed by atoms with Crippen molar-refractivity contribution in [3.05, 3.63) is 45.8 Å². The average molecular weight is 467 g/mol. The summed E-state index contributed by atoms with van der Waals surface area (Å²) >= 11 is 13.6. The van der Waals surface area contributed by atoms with Crippen molar-refractivity contribution in [1.82, 2.24) is 9.80 Å². The van der Waals surface area contributed by atoms with E-state index in [-0.39, 0.29) is 17.9 Å². The molecule has 2 aromatic rings. The van der Waals surface area contributed by atoms with Crippen LogP contribution in [0.3, 0.4) is 0 Å². The van der Waals surface area contributed by atoms with E-state index in [0.29, 0.717) is 36.2 Å². The highest BCUT2D eigenvalue weighted by Crippen LogP contribution is 2.28. The lowest BCUT2D eigenvalue weighted by Gasteiger charge is -2.39. The molecule has 0 radical (unpaired) electrons. The maximum atomic E-state index is 13.1. The van der Waals surface area contributed by atoms with Gasteiger partial charge in [-0.2, -0.15) is 0 Å². The van der Waals surface area contributed by atoms with Gasteiger partial charge in [0, 0.05) is 45.0 Å². The van der Waals surface area contributed by atoms with Gasteiger partial charge in [0.25, 0.3) is 0 Å². The van der Waals surface area contributed by atoms with Crippen LogP contribution in [0.1, 0.15) is 12.8 Å².